The summed E-state index contributed by atoms with van der Waals surface area (Å²) in [6.07, 6.45) is 1.14. The molecular formula is C10H16N4O. The van der Waals surface area contributed by atoms with Crippen LogP contribution in [0, 0.1) is 6.92 Å². The van der Waals surface area contributed by atoms with Gasteiger partial charge in [-0.05, 0) is 13.8 Å². The van der Waals surface area contributed by atoms with Crippen LogP contribution in [-0.4, -0.2) is 26.6 Å². The molecule has 0 saturated carbocycles. The number of rotatable bonds is 1. The van der Waals surface area contributed by atoms with Crippen molar-refractivity contribution in [2.45, 2.75) is 38.8 Å². The van der Waals surface area contributed by atoms with Crippen molar-refractivity contribution in [3.8, 4) is 0 Å². The molecule has 15 heavy (non-hydrogen) atoms. The van der Waals surface area contributed by atoms with Crippen LogP contribution in [0.2, 0.25) is 0 Å². The van der Waals surface area contributed by atoms with Crippen LogP contribution in [0.25, 0.3) is 0 Å². The topological polar surface area (TPSA) is 59.8 Å². The van der Waals surface area contributed by atoms with Gasteiger partial charge in [-0.3, -0.25) is 4.79 Å². The average Bonchev–Trinajstić information content (AvgIpc) is 2.46. The lowest BCUT2D eigenvalue weighted by Gasteiger charge is -2.27. The summed E-state index contributed by atoms with van der Waals surface area (Å²) in [4.78, 5) is 11.5. The third kappa shape index (κ3) is 1.92. The minimum Gasteiger partial charge on any atom is -0.317 e. The predicted octanol–water partition coefficient (Wildman–Crippen LogP) is 0.506. The maximum Gasteiger partial charge on any atom is 0.150 e. The predicted molar refractivity (Wildman–Crippen MR) is 55.3 cm³/mol. The van der Waals surface area contributed by atoms with Crippen LogP contribution in [0.4, 0.5) is 0 Å². The maximum atomic E-state index is 11.5. The molecule has 0 spiro atoms. The van der Waals surface area contributed by atoms with E-state index < -0.39 is 0 Å². The SMILES string of the molecule is Cc1nnc(C2CC(=O)CC(C)N2)n1C. The van der Waals surface area contributed by atoms with Crippen LogP contribution < -0.4 is 5.32 Å². The van der Waals surface area contributed by atoms with E-state index in [1.165, 1.54) is 0 Å². The van der Waals surface area contributed by atoms with Gasteiger partial charge in [-0.25, -0.2) is 0 Å². The van der Waals surface area contributed by atoms with Gasteiger partial charge in [0.2, 0.25) is 0 Å². The summed E-state index contributed by atoms with van der Waals surface area (Å²) < 4.78 is 1.93. The monoisotopic (exact) mass is 208 g/mol. The summed E-state index contributed by atoms with van der Waals surface area (Å²) in [5, 5.41) is 11.5. The second-order valence-corrected chi connectivity index (χ2v) is 4.23. The highest BCUT2D eigenvalue weighted by molar-refractivity contribution is 5.80. The van der Waals surface area contributed by atoms with Gasteiger partial charge in [0.1, 0.15) is 17.4 Å². The number of aromatic nitrogens is 3. The lowest BCUT2D eigenvalue weighted by molar-refractivity contribution is -0.121. The highest BCUT2D eigenvalue weighted by Gasteiger charge is 2.28. The molecule has 1 aromatic rings. The molecule has 82 valence electrons. The number of carbonyl (C=O) groups excluding carboxylic acids is 1. The quantitative estimate of drug-likeness (QED) is 0.730. The molecule has 1 fully saturated rings. The van der Waals surface area contributed by atoms with Gasteiger partial charge in [0.15, 0.2) is 0 Å². The fraction of sp³-hybridized carbons (Fsp3) is 0.700. The third-order valence-corrected chi connectivity index (χ3v) is 2.89. The van der Waals surface area contributed by atoms with Gasteiger partial charge in [-0.15, -0.1) is 10.2 Å². The van der Waals surface area contributed by atoms with E-state index in [1.807, 2.05) is 25.5 Å². The zero-order chi connectivity index (χ0) is 11.0. The second-order valence-electron chi connectivity index (χ2n) is 4.23. The lowest BCUT2D eigenvalue weighted by Crippen LogP contribution is -2.40. The van der Waals surface area contributed by atoms with Crippen molar-refractivity contribution in [3.63, 3.8) is 0 Å². The van der Waals surface area contributed by atoms with Crippen molar-refractivity contribution < 1.29 is 4.79 Å². The number of nitrogens with one attached hydrogen (secondary N) is 1. The smallest absolute Gasteiger partial charge is 0.150 e. The van der Waals surface area contributed by atoms with E-state index in [0.29, 0.717) is 18.6 Å². The number of hydrogen-bond acceptors (Lipinski definition) is 4. The first-order chi connectivity index (χ1) is 7.08. The first kappa shape index (κ1) is 10.3. The highest BCUT2D eigenvalue weighted by atomic mass is 16.1. The molecule has 0 radical (unpaired) electrons. The molecule has 0 amide bonds. The molecule has 2 heterocycles. The maximum absolute atomic E-state index is 11.5. The number of Topliss-reactive ketones (excluding diaryl/α,β-unsaturated/α-hetero) is 1. The van der Waals surface area contributed by atoms with Crippen molar-refractivity contribution in [1.29, 1.82) is 0 Å². The van der Waals surface area contributed by atoms with Crippen molar-refractivity contribution in [2.24, 2.45) is 7.05 Å². The molecule has 0 aromatic carbocycles. The van der Waals surface area contributed by atoms with Gasteiger partial charge < -0.3 is 9.88 Å². The summed E-state index contributed by atoms with van der Waals surface area (Å²) in [6, 6.07) is 0.251. The molecule has 5 heteroatoms. The van der Waals surface area contributed by atoms with Crippen LogP contribution >= 0.6 is 0 Å². The van der Waals surface area contributed by atoms with Gasteiger partial charge in [-0.2, -0.15) is 0 Å². The van der Waals surface area contributed by atoms with Gasteiger partial charge in [-0.1, -0.05) is 0 Å². The summed E-state index contributed by atoms with van der Waals surface area (Å²) in [5.41, 5.74) is 0. The minimum atomic E-state index is 0.0208. The second kappa shape index (κ2) is 3.73. The average molecular weight is 208 g/mol. The molecule has 2 unspecified atom stereocenters. The van der Waals surface area contributed by atoms with Crippen LogP contribution in [0.5, 0.6) is 0 Å². The number of nitrogens with zero attached hydrogens (tertiary/aromatic N) is 3. The third-order valence-electron chi connectivity index (χ3n) is 2.89. The Hall–Kier alpha value is -1.23. The fourth-order valence-electron chi connectivity index (χ4n) is 2.01. The minimum absolute atomic E-state index is 0.0208. The standard InChI is InChI=1S/C10H16N4O/c1-6-4-8(15)5-9(11-6)10-13-12-7(2)14(10)3/h6,9,11H,4-5H2,1-3H3. The number of carbonyl (C=O) groups is 1. The number of hydrogen-bond donors (Lipinski definition) is 1. The number of aryl methyl sites for hydroxylation is 1. The van der Waals surface area contributed by atoms with Gasteiger partial charge >= 0.3 is 0 Å². The van der Waals surface area contributed by atoms with E-state index in [-0.39, 0.29) is 12.1 Å². The Morgan fingerprint density at radius 3 is 2.67 bits per heavy atom. The normalized spacial score (nSPS) is 27.0. The summed E-state index contributed by atoms with van der Waals surface area (Å²) in [7, 11) is 1.93. The summed E-state index contributed by atoms with van der Waals surface area (Å²) in [6.45, 7) is 3.93. The molecule has 1 aliphatic rings. The molecule has 0 bridgehead atoms. The Balaban J connectivity index is 2.23. The molecule has 1 N–H and O–H groups in total. The first-order valence-corrected chi connectivity index (χ1v) is 5.21. The zero-order valence-electron chi connectivity index (χ0n) is 9.32. The fourth-order valence-corrected chi connectivity index (χ4v) is 2.01. The first-order valence-electron chi connectivity index (χ1n) is 5.21. The molecule has 0 aliphatic carbocycles. The van der Waals surface area contributed by atoms with Gasteiger partial charge in [0.25, 0.3) is 0 Å². The van der Waals surface area contributed by atoms with Crippen LogP contribution in [-0.2, 0) is 11.8 Å². The van der Waals surface area contributed by atoms with E-state index in [1.54, 1.807) is 0 Å². The Labute approximate surface area is 88.9 Å². The van der Waals surface area contributed by atoms with Crippen molar-refractivity contribution in [2.75, 3.05) is 0 Å². The zero-order valence-corrected chi connectivity index (χ0v) is 9.32. The molecule has 1 aromatic heterocycles. The van der Waals surface area contributed by atoms with Gasteiger partial charge in [0.05, 0.1) is 6.04 Å². The number of ketones is 1. The van der Waals surface area contributed by atoms with E-state index in [4.69, 9.17) is 0 Å². The van der Waals surface area contributed by atoms with E-state index >= 15 is 0 Å². The largest absolute Gasteiger partial charge is 0.317 e. The highest BCUT2D eigenvalue weighted by Crippen LogP contribution is 2.21. The van der Waals surface area contributed by atoms with E-state index in [2.05, 4.69) is 15.5 Å². The lowest BCUT2D eigenvalue weighted by atomic mass is 9.98. The Bertz CT molecular complexity index is 385. The van der Waals surface area contributed by atoms with Gasteiger partial charge in [0, 0.05) is 25.9 Å². The van der Waals surface area contributed by atoms with E-state index in [0.717, 1.165) is 11.6 Å². The Kier molecular flexibility index (Phi) is 2.56. The molecular weight excluding hydrogens is 192 g/mol. The Morgan fingerprint density at radius 1 is 1.40 bits per heavy atom. The van der Waals surface area contributed by atoms with Crippen LogP contribution in [0.15, 0.2) is 0 Å². The molecule has 2 atom stereocenters. The Morgan fingerprint density at radius 2 is 2.13 bits per heavy atom. The summed E-state index contributed by atoms with van der Waals surface area (Å²) >= 11 is 0. The van der Waals surface area contributed by atoms with Crippen molar-refractivity contribution in [3.05, 3.63) is 11.6 Å². The molecule has 1 aliphatic heterocycles. The van der Waals surface area contributed by atoms with E-state index in [9.17, 15) is 4.79 Å². The van der Waals surface area contributed by atoms with Crippen LogP contribution in [0.3, 0.4) is 0 Å². The molecule has 1 saturated heterocycles. The molecule has 2 rings (SSSR count). The van der Waals surface area contributed by atoms with Crippen molar-refractivity contribution in [1.82, 2.24) is 20.1 Å². The summed E-state index contributed by atoms with van der Waals surface area (Å²) in [5.74, 6) is 2.02. The van der Waals surface area contributed by atoms with Crippen molar-refractivity contribution >= 4 is 5.78 Å². The van der Waals surface area contributed by atoms with Crippen LogP contribution in [0.1, 0.15) is 37.5 Å². The molecule has 5 nitrogen and oxygen atoms in total. The number of piperidine rings is 1.